The molecule has 0 aliphatic heterocycles. The Labute approximate surface area is 58.7 Å². The minimum absolute atomic E-state index is 0. The summed E-state index contributed by atoms with van der Waals surface area (Å²) in [5, 5.41) is 0. The third kappa shape index (κ3) is 262. The summed E-state index contributed by atoms with van der Waals surface area (Å²) in [7, 11) is 0. The molecule has 7 heteroatoms. The molecule has 0 atom stereocenters. The van der Waals surface area contributed by atoms with E-state index in [2.05, 4.69) is 0 Å². The molecule has 0 unspecified atom stereocenters. The van der Waals surface area contributed by atoms with Crippen molar-refractivity contribution >= 4 is 36.4 Å². The van der Waals surface area contributed by atoms with E-state index in [9.17, 15) is 0 Å². The zero-order chi connectivity index (χ0) is 4.50. The summed E-state index contributed by atoms with van der Waals surface area (Å²) < 4.78 is 31.9. The van der Waals surface area contributed by atoms with E-state index < -0.39 is 13.4 Å². The van der Waals surface area contributed by atoms with Gasteiger partial charge in [0.15, 0.2) is 0 Å². The molecule has 0 saturated carbocycles. The molecule has 0 aliphatic rings. The molecule has 0 spiro atoms. The van der Waals surface area contributed by atoms with Crippen molar-refractivity contribution in [3.05, 3.63) is 0 Å². The third-order valence-electron chi connectivity index (χ3n) is 0. The van der Waals surface area contributed by atoms with E-state index >= 15 is 0 Å². The Hall–Kier alpha value is 0.766. The fraction of sp³-hybridized carbons (Fsp3) is 0. The van der Waals surface area contributed by atoms with E-state index in [-0.39, 0.29) is 29.2 Å². The van der Waals surface area contributed by atoms with Gasteiger partial charge in [0.05, 0.1) is 0 Å². The molecule has 0 rings (SSSR count). The molecule has 0 aromatic heterocycles. The minimum atomic E-state index is -5.25. The van der Waals surface area contributed by atoms with E-state index in [1.807, 2.05) is 0 Å². The Morgan fingerprint density at radius 1 is 1.14 bits per heavy atom. The van der Waals surface area contributed by atoms with Crippen molar-refractivity contribution in [3.63, 3.8) is 0 Å². The first-order valence-electron chi connectivity index (χ1n) is 0.698. The van der Waals surface area contributed by atoms with Gasteiger partial charge in [0.1, 0.15) is 0 Å². The Kier molecular flexibility index (Phi) is 11.0. The Bertz CT molecular complexity index is 94.9. The first kappa shape index (κ1) is 15.7. The van der Waals surface area contributed by atoms with Crippen LogP contribution in [-0.4, -0.2) is 44.8 Å². The second kappa shape index (κ2) is 4.91. The monoisotopic (exact) mass is 189 g/mol. The zero-order valence-corrected chi connectivity index (χ0v) is 4.54. The van der Waals surface area contributed by atoms with E-state index in [4.69, 9.17) is 16.0 Å². The van der Waals surface area contributed by atoms with Crippen LogP contribution in [0.1, 0.15) is 0 Å². The molecule has 0 fully saturated rings. The first-order chi connectivity index (χ1) is 2.00. The first-order valence-corrected chi connectivity index (χ1v) is 3.63. The Balaban J connectivity index is -0.0000000800. The average molecular weight is 188 g/mol. The van der Waals surface area contributed by atoms with Crippen molar-refractivity contribution in [2.45, 2.75) is 0 Å². The molecule has 7 heavy (non-hydrogen) atoms. The average Bonchev–Trinajstić information content (AvgIpc) is 0.722. The number of rotatable bonds is 0. The second-order valence-corrected chi connectivity index (χ2v) is 2.33. The summed E-state index contributed by atoms with van der Waals surface area (Å²) in [5.41, 5.74) is 0. The summed E-state index contributed by atoms with van der Waals surface area (Å²) in [6, 6.07) is 0. The summed E-state index contributed by atoms with van der Waals surface area (Å²) >= 11 is -5.25. The van der Waals surface area contributed by atoms with Crippen molar-refractivity contribution in [2.24, 2.45) is 0 Å². The van der Waals surface area contributed by atoms with Gasteiger partial charge in [-0.2, -0.15) is 0 Å². The van der Waals surface area contributed by atoms with Gasteiger partial charge in [-0.05, 0) is 0 Å². The molecule has 0 radical (unpaired) electrons. The van der Waals surface area contributed by atoms with Gasteiger partial charge in [-0.15, -0.1) is 0 Å². The van der Waals surface area contributed by atoms with Gasteiger partial charge in [0.25, 0.3) is 0 Å². The van der Waals surface area contributed by atoms with Crippen LogP contribution in [0.4, 0.5) is 0 Å². The molecule has 0 heterocycles. The molecule has 0 aromatic carbocycles. The van der Waals surface area contributed by atoms with Crippen LogP contribution < -0.4 is 6.15 Å². The molecule has 0 saturated heterocycles. The predicted molar refractivity (Wildman–Crippen MR) is 25.1 cm³/mol. The van der Waals surface area contributed by atoms with Crippen LogP contribution in [0.5, 0.6) is 0 Å². The normalized spacial score (nSPS) is 8.29. The Morgan fingerprint density at radius 2 is 1.14 bits per heavy atom. The van der Waals surface area contributed by atoms with Gasteiger partial charge < -0.3 is 6.15 Å². The zero-order valence-electron chi connectivity index (χ0n) is 2.83. The molecule has 0 amide bonds. The fourth-order valence-corrected chi connectivity index (χ4v) is 0. The van der Waals surface area contributed by atoms with Crippen LogP contribution in [-0.2, 0) is 7.67 Å². The SMILES string of the molecule is N.O=[Se](=O)(O)O.[MgH2]. The summed E-state index contributed by atoms with van der Waals surface area (Å²) in [6.07, 6.45) is 0. The van der Waals surface area contributed by atoms with Crippen LogP contribution in [0.2, 0.25) is 0 Å². The molecule has 44 valence electrons. The standard InChI is InChI=1S/Mg.H3N.H2O4Se.2H/c;;1-5(2,3)4;;/h;1H3;(H2,1,2,3,4);;. The predicted octanol–water partition coefficient (Wildman–Crippen LogP) is -2.49. The fourth-order valence-electron chi connectivity index (χ4n) is 0. The van der Waals surface area contributed by atoms with Gasteiger partial charge in [0, 0.05) is 0 Å². The van der Waals surface area contributed by atoms with Gasteiger partial charge in [-0.3, -0.25) is 0 Å². The molecule has 0 aromatic rings. The maximum Gasteiger partial charge on any atom is 0.316 e. The quantitative estimate of drug-likeness (QED) is 0.364. The van der Waals surface area contributed by atoms with Crippen LogP contribution in [0.15, 0.2) is 0 Å². The maximum absolute atomic E-state index is 8.82. The smallest absolute Gasteiger partial charge is 0.316 e. The molecule has 5 N–H and O–H groups in total. The Morgan fingerprint density at radius 3 is 1.14 bits per heavy atom. The molecule has 0 aliphatic carbocycles. The van der Waals surface area contributed by atoms with Gasteiger partial charge in [0.2, 0.25) is 0 Å². The topological polar surface area (TPSA) is 110 Å². The van der Waals surface area contributed by atoms with Gasteiger partial charge >= 0.3 is 52.5 Å². The minimum Gasteiger partial charge on any atom is 0.316 e. The van der Waals surface area contributed by atoms with E-state index in [0.29, 0.717) is 0 Å². The number of hydrogen-bond acceptors (Lipinski definition) is 3. The number of hydrogen-bond donors (Lipinski definition) is 3. The molecular formula is H7MgNO4Se. The van der Waals surface area contributed by atoms with Crippen molar-refractivity contribution in [2.75, 3.05) is 0 Å². The van der Waals surface area contributed by atoms with Gasteiger partial charge in [-0.25, -0.2) is 0 Å². The molecular weight excluding hydrogens is 181 g/mol. The van der Waals surface area contributed by atoms with E-state index in [1.165, 1.54) is 0 Å². The largest absolute Gasteiger partial charge is 0.316 e. The maximum atomic E-state index is 8.82. The molecule has 0 bridgehead atoms. The van der Waals surface area contributed by atoms with Crippen LogP contribution in [0.25, 0.3) is 0 Å². The van der Waals surface area contributed by atoms with Crippen molar-refractivity contribution < 1.29 is 16.0 Å². The van der Waals surface area contributed by atoms with Crippen LogP contribution >= 0.6 is 0 Å². The van der Waals surface area contributed by atoms with Crippen LogP contribution in [0.3, 0.4) is 0 Å². The summed E-state index contributed by atoms with van der Waals surface area (Å²) in [6.45, 7) is 0. The molecule has 5 nitrogen and oxygen atoms in total. The summed E-state index contributed by atoms with van der Waals surface area (Å²) in [5.74, 6) is 0. The third-order valence-corrected chi connectivity index (χ3v) is 0. The van der Waals surface area contributed by atoms with Crippen molar-refractivity contribution in [3.8, 4) is 0 Å². The van der Waals surface area contributed by atoms with E-state index in [0.717, 1.165) is 0 Å². The van der Waals surface area contributed by atoms with Crippen molar-refractivity contribution in [1.82, 2.24) is 6.15 Å². The van der Waals surface area contributed by atoms with Crippen LogP contribution in [0, 0.1) is 0 Å². The van der Waals surface area contributed by atoms with Gasteiger partial charge in [-0.1, -0.05) is 0 Å². The second-order valence-electron chi connectivity index (χ2n) is 0.448. The van der Waals surface area contributed by atoms with Crippen molar-refractivity contribution in [1.29, 1.82) is 0 Å². The summed E-state index contributed by atoms with van der Waals surface area (Å²) in [4.78, 5) is 0. The van der Waals surface area contributed by atoms with E-state index in [1.54, 1.807) is 0 Å².